The van der Waals surface area contributed by atoms with Gasteiger partial charge in [0.25, 0.3) is 0 Å². The van der Waals surface area contributed by atoms with Gasteiger partial charge in [0.1, 0.15) is 6.54 Å². The number of carboxylic acids is 1. The van der Waals surface area contributed by atoms with Gasteiger partial charge in [0.05, 0.1) is 0 Å². The molecular weight excluding hydrogens is 262 g/mol. The topological polar surface area (TPSA) is 57.6 Å². The molecule has 0 saturated carbocycles. The summed E-state index contributed by atoms with van der Waals surface area (Å²) in [7, 11) is 0. The van der Waals surface area contributed by atoms with E-state index < -0.39 is 5.97 Å². The molecule has 0 unspecified atom stereocenters. The minimum atomic E-state index is -0.984. The van der Waals surface area contributed by atoms with E-state index in [0.29, 0.717) is 5.69 Å². The fourth-order valence-electron chi connectivity index (χ4n) is 2.20. The largest absolute Gasteiger partial charge is 0.480 e. The van der Waals surface area contributed by atoms with Crippen molar-refractivity contribution in [2.75, 3.05) is 23.0 Å². The molecule has 1 heterocycles. The number of carbonyl (C=O) groups excluding carboxylic acids is 1. The second-order valence-electron chi connectivity index (χ2n) is 4.54. The first-order valence-corrected chi connectivity index (χ1v) is 7.50. The van der Waals surface area contributed by atoms with Gasteiger partial charge in [-0.2, -0.15) is 11.8 Å². The Morgan fingerprint density at radius 2 is 1.84 bits per heavy atom. The molecule has 0 radical (unpaired) electrons. The number of thioether (sulfide) groups is 1. The number of para-hydroxylation sites is 1. The lowest BCUT2D eigenvalue weighted by molar-refractivity contribution is -0.137. The Morgan fingerprint density at radius 3 is 2.42 bits per heavy atom. The number of aliphatic carboxylic acids is 1. The quantitative estimate of drug-likeness (QED) is 0.918. The lowest BCUT2D eigenvalue weighted by Gasteiger charge is -2.28. The molecule has 1 fully saturated rings. The van der Waals surface area contributed by atoms with Crippen LogP contribution in [0.1, 0.15) is 12.8 Å². The summed E-state index contributed by atoms with van der Waals surface area (Å²) in [5, 5.41) is 8.99. The summed E-state index contributed by atoms with van der Waals surface area (Å²) in [5.41, 5.74) is 0.660. The van der Waals surface area contributed by atoms with Crippen molar-refractivity contribution in [2.45, 2.75) is 12.8 Å². The van der Waals surface area contributed by atoms with E-state index in [1.54, 1.807) is 12.1 Å². The van der Waals surface area contributed by atoms with Crippen LogP contribution in [0, 0.1) is 5.92 Å². The van der Waals surface area contributed by atoms with E-state index in [4.69, 9.17) is 5.11 Å². The summed E-state index contributed by atoms with van der Waals surface area (Å²) >= 11 is 1.85. The van der Waals surface area contributed by atoms with Gasteiger partial charge in [-0.3, -0.25) is 9.59 Å². The molecule has 0 aliphatic carbocycles. The molecular formula is C14H17NO3S. The Hall–Kier alpha value is -1.49. The Bertz CT molecular complexity index is 443. The van der Waals surface area contributed by atoms with Crippen molar-refractivity contribution in [3.05, 3.63) is 30.3 Å². The normalized spacial score (nSPS) is 16.0. The standard InChI is InChI=1S/C14H17NO3S/c16-13(17)10-15(12-4-2-1-3-5-12)14(18)11-6-8-19-9-7-11/h1-5,11H,6-10H2,(H,16,17). The Kier molecular flexibility index (Phi) is 4.85. The van der Waals surface area contributed by atoms with Gasteiger partial charge in [0, 0.05) is 11.6 Å². The van der Waals surface area contributed by atoms with Crippen LogP contribution >= 0.6 is 11.8 Å². The lowest BCUT2D eigenvalue weighted by Crippen LogP contribution is -2.40. The predicted octanol–water partition coefficient (Wildman–Crippen LogP) is 2.25. The summed E-state index contributed by atoms with van der Waals surface area (Å²) in [5.74, 6) is 0.871. The molecule has 1 aliphatic heterocycles. The SMILES string of the molecule is O=C(O)CN(C(=O)C1CCSCC1)c1ccccc1. The zero-order chi connectivity index (χ0) is 13.7. The number of hydrogen-bond donors (Lipinski definition) is 1. The third kappa shape index (κ3) is 3.73. The highest BCUT2D eigenvalue weighted by atomic mass is 32.2. The zero-order valence-electron chi connectivity index (χ0n) is 10.6. The smallest absolute Gasteiger partial charge is 0.323 e. The highest BCUT2D eigenvalue weighted by Crippen LogP contribution is 2.26. The molecule has 0 bridgehead atoms. The monoisotopic (exact) mass is 279 g/mol. The molecule has 2 rings (SSSR count). The van der Waals surface area contributed by atoms with Crippen molar-refractivity contribution in [1.82, 2.24) is 0 Å². The van der Waals surface area contributed by atoms with E-state index in [2.05, 4.69) is 0 Å². The summed E-state index contributed by atoms with van der Waals surface area (Å²) in [4.78, 5) is 24.9. The number of hydrogen-bond acceptors (Lipinski definition) is 3. The molecule has 0 atom stereocenters. The van der Waals surface area contributed by atoms with Crippen molar-refractivity contribution in [2.24, 2.45) is 5.92 Å². The molecule has 0 aromatic heterocycles. The predicted molar refractivity (Wildman–Crippen MR) is 76.5 cm³/mol. The maximum atomic E-state index is 12.5. The highest BCUT2D eigenvalue weighted by Gasteiger charge is 2.28. The van der Waals surface area contributed by atoms with Gasteiger partial charge >= 0.3 is 5.97 Å². The van der Waals surface area contributed by atoms with Gasteiger partial charge in [0.15, 0.2) is 0 Å². The third-order valence-electron chi connectivity index (χ3n) is 3.20. The van der Waals surface area contributed by atoms with Crippen molar-refractivity contribution in [1.29, 1.82) is 0 Å². The Morgan fingerprint density at radius 1 is 1.21 bits per heavy atom. The molecule has 102 valence electrons. The minimum absolute atomic E-state index is 0.0409. The van der Waals surface area contributed by atoms with Crippen LogP contribution in [0.3, 0.4) is 0 Å². The van der Waals surface area contributed by atoms with Crippen molar-refractivity contribution in [3.63, 3.8) is 0 Å². The van der Waals surface area contributed by atoms with E-state index >= 15 is 0 Å². The van der Waals surface area contributed by atoms with E-state index in [-0.39, 0.29) is 18.4 Å². The maximum Gasteiger partial charge on any atom is 0.323 e. The number of carbonyl (C=O) groups is 2. The summed E-state index contributed by atoms with van der Waals surface area (Å²) in [6.07, 6.45) is 1.68. The first kappa shape index (κ1) is 13.9. The average Bonchev–Trinajstić information content (AvgIpc) is 2.46. The highest BCUT2D eigenvalue weighted by molar-refractivity contribution is 7.99. The van der Waals surface area contributed by atoms with Crippen LogP contribution in [-0.2, 0) is 9.59 Å². The van der Waals surface area contributed by atoms with Gasteiger partial charge in [-0.05, 0) is 36.5 Å². The van der Waals surface area contributed by atoms with Crippen LogP contribution in [0.4, 0.5) is 5.69 Å². The molecule has 1 aliphatic rings. The van der Waals surface area contributed by atoms with Crippen LogP contribution in [-0.4, -0.2) is 35.0 Å². The zero-order valence-corrected chi connectivity index (χ0v) is 11.4. The molecule has 5 heteroatoms. The van der Waals surface area contributed by atoms with Gasteiger partial charge in [-0.25, -0.2) is 0 Å². The van der Waals surface area contributed by atoms with Crippen LogP contribution in [0.2, 0.25) is 0 Å². The first-order chi connectivity index (χ1) is 9.18. The number of amides is 1. The summed E-state index contributed by atoms with van der Waals surface area (Å²) < 4.78 is 0. The maximum absolute atomic E-state index is 12.5. The minimum Gasteiger partial charge on any atom is -0.480 e. The molecule has 1 N–H and O–H groups in total. The van der Waals surface area contributed by atoms with Crippen LogP contribution in [0.25, 0.3) is 0 Å². The Labute approximate surface area is 116 Å². The fraction of sp³-hybridized carbons (Fsp3) is 0.429. The molecule has 19 heavy (non-hydrogen) atoms. The van der Waals surface area contributed by atoms with Gasteiger partial charge < -0.3 is 10.0 Å². The second kappa shape index (κ2) is 6.61. The van der Waals surface area contributed by atoms with E-state index in [1.807, 2.05) is 30.0 Å². The second-order valence-corrected chi connectivity index (χ2v) is 5.77. The van der Waals surface area contributed by atoms with Crippen molar-refractivity contribution >= 4 is 29.3 Å². The van der Waals surface area contributed by atoms with Gasteiger partial charge in [-0.15, -0.1) is 0 Å². The molecule has 1 aromatic rings. The van der Waals surface area contributed by atoms with Crippen LogP contribution in [0.5, 0.6) is 0 Å². The van der Waals surface area contributed by atoms with Gasteiger partial charge in [0.2, 0.25) is 5.91 Å². The first-order valence-electron chi connectivity index (χ1n) is 6.34. The van der Waals surface area contributed by atoms with E-state index in [0.717, 1.165) is 24.3 Å². The van der Waals surface area contributed by atoms with E-state index in [1.165, 1.54) is 4.90 Å². The van der Waals surface area contributed by atoms with Crippen molar-refractivity contribution < 1.29 is 14.7 Å². The Balaban J connectivity index is 2.17. The number of carboxylic acid groups (broad SMARTS) is 1. The molecule has 1 aromatic carbocycles. The molecule has 1 amide bonds. The summed E-state index contributed by atoms with van der Waals surface area (Å²) in [6.45, 7) is -0.271. The van der Waals surface area contributed by atoms with Crippen LogP contribution < -0.4 is 4.90 Å². The third-order valence-corrected chi connectivity index (χ3v) is 4.25. The fourth-order valence-corrected chi connectivity index (χ4v) is 3.31. The molecule has 1 saturated heterocycles. The summed E-state index contributed by atoms with van der Waals surface area (Å²) in [6, 6.07) is 9.03. The number of benzene rings is 1. The van der Waals surface area contributed by atoms with Crippen LogP contribution in [0.15, 0.2) is 30.3 Å². The van der Waals surface area contributed by atoms with Crippen molar-refractivity contribution in [3.8, 4) is 0 Å². The number of nitrogens with zero attached hydrogens (tertiary/aromatic N) is 1. The number of rotatable bonds is 4. The molecule has 4 nitrogen and oxygen atoms in total. The van der Waals surface area contributed by atoms with E-state index in [9.17, 15) is 9.59 Å². The van der Waals surface area contributed by atoms with Gasteiger partial charge in [-0.1, -0.05) is 18.2 Å². The average molecular weight is 279 g/mol. The molecule has 0 spiro atoms. The lowest BCUT2D eigenvalue weighted by atomic mass is 10.0. The number of anilines is 1.